The summed E-state index contributed by atoms with van der Waals surface area (Å²) in [5.74, 6) is -1.55. The van der Waals surface area contributed by atoms with Gasteiger partial charge in [-0.25, -0.2) is 23.7 Å². The van der Waals surface area contributed by atoms with E-state index < -0.39 is 27.2 Å². The third-order valence-electron chi connectivity index (χ3n) is 1.78. The molecule has 0 aliphatic heterocycles. The van der Waals surface area contributed by atoms with Crippen LogP contribution in [-0.4, -0.2) is 19.9 Å². The first kappa shape index (κ1) is 12.7. The second kappa shape index (κ2) is 4.19. The summed E-state index contributed by atoms with van der Waals surface area (Å²) in [6.07, 6.45) is -2.94. The van der Waals surface area contributed by atoms with E-state index in [4.69, 9.17) is 11.6 Å². The van der Waals surface area contributed by atoms with Gasteiger partial charge in [0, 0.05) is 22.6 Å². The van der Waals surface area contributed by atoms with Gasteiger partial charge in [-0.2, -0.15) is 8.78 Å². The Hall–Kier alpha value is -0.710. The predicted octanol–water partition coefficient (Wildman–Crippen LogP) is 3.43. The minimum Gasteiger partial charge on any atom is -0.321 e. The molecule has 0 atom stereocenters. The molecule has 0 aliphatic carbocycles. The number of nitrogens with zero attached hydrogens (tertiary/aromatic N) is 3. The molecule has 2 aromatic heterocycles. The van der Waals surface area contributed by atoms with Crippen LogP contribution in [0.2, 0.25) is 5.15 Å². The van der Waals surface area contributed by atoms with Crippen LogP contribution in [0.3, 0.4) is 0 Å². The van der Waals surface area contributed by atoms with E-state index in [9.17, 15) is 17.6 Å². The highest BCUT2D eigenvalue weighted by Crippen LogP contribution is 2.35. The number of imidazole rings is 1. The fourth-order valence-electron chi connectivity index (χ4n) is 1.11. The second-order valence-corrected chi connectivity index (χ2v) is 4.67. The van der Waals surface area contributed by atoms with Crippen molar-refractivity contribution in [3.63, 3.8) is 0 Å². The molecule has 1 N–H and O–H groups in total. The first-order valence-corrected chi connectivity index (χ1v) is 5.53. The lowest BCUT2D eigenvalue weighted by Gasteiger charge is -2.01. The van der Waals surface area contributed by atoms with Crippen LogP contribution in [0.25, 0.3) is 11.2 Å². The van der Waals surface area contributed by atoms with Crippen molar-refractivity contribution in [2.45, 2.75) is 10.4 Å². The maximum atomic E-state index is 12.9. The molecule has 0 aromatic carbocycles. The number of nitrogens with one attached hydrogen (secondary N) is 1. The number of H-pyrrole nitrogens is 1. The fourth-order valence-corrected chi connectivity index (χ4v) is 1.59. The summed E-state index contributed by atoms with van der Waals surface area (Å²) < 4.78 is 47.3. The first-order valence-electron chi connectivity index (χ1n) is 4.07. The molecule has 10 heteroatoms. The Balaban J connectivity index is 2.65. The normalized spacial score (nSPS) is 12.6. The highest BCUT2D eigenvalue weighted by Gasteiger charge is 2.32. The van der Waals surface area contributed by atoms with Crippen molar-refractivity contribution in [1.82, 2.24) is 19.9 Å². The van der Waals surface area contributed by atoms with Gasteiger partial charge in [0.1, 0.15) is 5.52 Å². The molecule has 0 saturated heterocycles. The number of fused-ring (bicyclic) bond motifs is 1. The number of hydrogen-bond donors (Lipinski definition) is 1. The average Bonchev–Trinajstić information content (AvgIpc) is 2.60. The molecule has 0 bridgehead atoms. The van der Waals surface area contributed by atoms with E-state index in [-0.39, 0.29) is 11.2 Å². The van der Waals surface area contributed by atoms with Crippen LogP contribution in [0.4, 0.5) is 17.6 Å². The SMILES string of the molecule is FC(F)c1nc(Cl)c2nc(C(F)(F)I)[nH]c2n1. The zero-order valence-corrected chi connectivity index (χ0v) is 10.6. The third-order valence-corrected chi connectivity index (χ3v) is 2.56. The van der Waals surface area contributed by atoms with E-state index in [1.165, 1.54) is 0 Å². The van der Waals surface area contributed by atoms with Crippen LogP contribution < -0.4 is 0 Å². The predicted molar refractivity (Wildman–Crippen MR) is 59.6 cm³/mol. The fraction of sp³-hybridized carbons (Fsp3) is 0.286. The minimum atomic E-state index is -3.27. The molecule has 0 amide bonds. The van der Waals surface area contributed by atoms with Gasteiger partial charge in [-0.15, -0.1) is 0 Å². The average molecular weight is 380 g/mol. The summed E-state index contributed by atoms with van der Waals surface area (Å²) in [5, 5.41) is -0.395. The van der Waals surface area contributed by atoms with E-state index in [1.807, 2.05) is 0 Å². The molecule has 17 heavy (non-hydrogen) atoms. The van der Waals surface area contributed by atoms with Crippen molar-refractivity contribution >= 4 is 45.4 Å². The smallest absolute Gasteiger partial charge is 0.321 e. The Morgan fingerprint density at radius 1 is 1.24 bits per heavy atom. The first-order chi connectivity index (χ1) is 7.79. The number of rotatable bonds is 2. The molecule has 0 radical (unpaired) electrons. The van der Waals surface area contributed by atoms with Gasteiger partial charge in [0.05, 0.1) is 0 Å². The summed E-state index contributed by atoms with van der Waals surface area (Å²) in [4.78, 5) is 12.2. The molecule has 2 heterocycles. The van der Waals surface area contributed by atoms with E-state index >= 15 is 0 Å². The molecule has 2 aromatic rings. The van der Waals surface area contributed by atoms with Gasteiger partial charge < -0.3 is 4.98 Å². The van der Waals surface area contributed by atoms with Gasteiger partial charge in [0.2, 0.25) is 0 Å². The lowest BCUT2D eigenvalue weighted by Crippen LogP contribution is -2.04. The molecular formula is C7H2ClF4IN4. The van der Waals surface area contributed by atoms with Gasteiger partial charge in [-0.1, -0.05) is 11.6 Å². The van der Waals surface area contributed by atoms with Crippen molar-refractivity contribution in [2.24, 2.45) is 0 Å². The largest absolute Gasteiger partial charge is 0.352 e. The summed E-state index contributed by atoms with van der Waals surface area (Å²) in [7, 11) is 0. The topological polar surface area (TPSA) is 54.5 Å². The number of aromatic amines is 1. The van der Waals surface area contributed by atoms with Crippen LogP contribution in [0.1, 0.15) is 18.1 Å². The molecule has 0 spiro atoms. The Morgan fingerprint density at radius 2 is 1.88 bits per heavy atom. The zero-order chi connectivity index (χ0) is 12.8. The molecule has 0 saturated carbocycles. The minimum absolute atomic E-state index is 0.164. The standard InChI is InChI=1S/C7H2ClF4IN4/c8-2-1-4(16-5(15-2)3(9)10)17-6(14-1)7(11,12)13/h3H,(H,14,15,16,17). The Kier molecular flexibility index (Phi) is 3.14. The van der Waals surface area contributed by atoms with Crippen molar-refractivity contribution in [2.75, 3.05) is 0 Å². The van der Waals surface area contributed by atoms with Gasteiger partial charge in [0.15, 0.2) is 22.4 Å². The maximum absolute atomic E-state index is 12.9. The van der Waals surface area contributed by atoms with Crippen molar-refractivity contribution < 1.29 is 17.6 Å². The van der Waals surface area contributed by atoms with Crippen LogP contribution in [0.15, 0.2) is 0 Å². The van der Waals surface area contributed by atoms with Crippen LogP contribution in [-0.2, 0) is 3.93 Å². The molecule has 0 fully saturated rings. The van der Waals surface area contributed by atoms with E-state index in [2.05, 4.69) is 19.9 Å². The highest BCUT2D eigenvalue weighted by molar-refractivity contribution is 14.1. The molecule has 92 valence electrons. The Labute approximate surface area is 110 Å². The second-order valence-electron chi connectivity index (χ2n) is 2.95. The lowest BCUT2D eigenvalue weighted by atomic mass is 10.5. The zero-order valence-electron chi connectivity index (χ0n) is 7.69. The summed E-state index contributed by atoms with van der Waals surface area (Å²) in [6.45, 7) is 0. The molecule has 2 rings (SSSR count). The monoisotopic (exact) mass is 380 g/mol. The summed E-state index contributed by atoms with van der Waals surface area (Å²) in [5.41, 5.74) is -0.408. The highest BCUT2D eigenvalue weighted by atomic mass is 127. The van der Waals surface area contributed by atoms with Crippen molar-refractivity contribution in [1.29, 1.82) is 0 Å². The number of halogens is 6. The van der Waals surface area contributed by atoms with Crippen molar-refractivity contribution in [3.8, 4) is 0 Å². The number of hydrogen-bond acceptors (Lipinski definition) is 3. The van der Waals surface area contributed by atoms with Gasteiger partial charge in [-0.05, 0) is 0 Å². The molecule has 0 aliphatic rings. The van der Waals surface area contributed by atoms with Gasteiger partial charge in [0.25, 0.3) is 6.43 Å². The Bertz CT molecular complexity index is 567. The third kappa shape index (κ3) is 2.44. The van der Waals surface area contributed by atoms with Gasteiger partial charge >= 0.3 is 3.93 Å². The summed E-state index contributed by atoms with van der Waals surface area (Å²) >= 11 is 6.40. The molecule has 0 unspecified atom stereocenters. The summed E-state index contributed by atoms with van der Waals surface area (Å²) in [6, 6.07) is 0. The lowest BCUT2D eigenvalue weighted by molar-refractivity contribution is 0.118. The van der Waals surface area contributed by atoms with Crippen LogP contribution in [0.5, 0.6) is 0 Å². The molecular weight excluding hydrogens is 378 g/mol. The van der Waals surface area contributed by atoms with E-state index in [0.29, 0.717) is 0 Å². The molecule has 4 nitrogen and oxygen atoms in total. The Morgan fingerprint density at radius 3 is 2.41 bits per heavy atom. The van der Waals surface area contributed by atoms with E-state index in [1.54, 1.807) is 0 Å². The maximum Gasteiger partial charge on any atom is 0.352 e. The van der Waals surface area contributed by atoms with Gasteiger partial charge in [-0.3, -0.25) is 0 Å². The van der Waals surface area contributed by atoms with E-state index in [0.717, 1.165) is 22.6 Å². The van der Waals surface area contributed by atoms with Crippen LogP contribution >= 0.6 is 34.2 Å². The van der Waals surface area contributed by atoms with Crippen LogP contribution in [0, 0.1) is 0 Å². The number of alkyl halides is 5. The number of aromatic nitrogens is 4. The quantitative estimate of drug-likeness (QED) is 0.376. The van der Waals surface area contributed by atoms with Crippen molar-refractivity contribution in [3.05, 3.63) is 16.8 Å².